The van der Waals surface area contributed by atoms with Crippen molar-refractivity contribution in [2.24, 2.45) is 0 Å². The zero-order chi connectivity index (χ0) is 11.9. The first kappa shape index (κ1) is 11.3. The van der Waals surface area contributed by atoms with Gasteiger partial charge in [-0.2, -0.15) is 0 Å². The Kier molecular flexibility index (Phi) is 2.62. The Bertz CT molecular complexity index is 471. The number of carbonyl (C=O) groups is 2. The van der Waals surface area contributed by atoms with Crippen LogP contribution in [-0.4, -0.2) is 16.9 Å². The highest BCUT2D eigenvalue weighted by Gasteiger charge is 2.52. The van der Waals surface area contributed by atoms with Crippen LogP contribution in [0, 0.1) is 6.92 Å². The van der Waals surface area contributed by atoms with Gasteiger partial charge in [-0.05, 0) is 24.1 Å². The van der Waals surface area contributed by atoms with Gasteiger partial charge in [0.25, 0.3) is 0 Å². The largest absolute Gasteiger partial charge is 0.481 e. The van der Waals surface area contributed by atoms with E-state index in [0.717, 1.165) is 15.6 Å². The minimum atomic E-state index is -0.995. The summed E-state index contributed by atoms with van der Waals surface area (Å²) in [4.78, 5) is 22.5. The van der Waals surface area contributed by atoms with Crippen molar-refractivity contribution in [2.75, 3.05) is 0 Å². The van der Waals surface area contributed by atoms with Gasteiger partial charge in [0.05, 0.1) is 0 Å². The summed E-state index contributed by atoms with van der Waals surface area (Å²) in [6.07, 6.45) is 0.221. The molecule has 1 saturated carbocycles. The van der Waals surface area contributed by atoms with Crippen LogP contribution in [0.5, 0.6) is 0 Å². The first-order valence-corrected chi connectivity index (χ1v) is 5.77. The van der Waals surface area contributed by atoms with Crippen molar-refractivity contribution in [3.05, 3.63) is 33.8 Å². The van der Waals surface area contributed by atoms with Crippen molar-refractivity contribution in [1.29, 1.82) is 0 Å². The lowest BCUT2D eigenvalue weighted by atomic mass is 9.62. The Morgan fingerprint density at radius 1 is 1.44 bits per heavy atom. The van der Waals surface area contributed by atoms with E-state index in [0.29, 0.717) is 0 Å². The third-order valence-corrected chi connectivity index (χ3v) is 4.05. The first-order chi connectivity index (χ1) is 7.47. The Morgan fingerprint density at radius 2 is 2.06 bits per heavy atom. The number of carbonyl (C=O) groups excluding carboxylic acids is 1. The molecule has 3 nitrogen and oxygen atoms in total. The van der Waals surface area contributed by atoms with Gasteiger partial charge in [0.1, 0.15) is 11.2 Å². The lowest BCUT2D eigenvalue weighted by Gasteiger charge is -2.37. The molecule has 1 fully saturated rings. The normalized spacial score (nSPS) is 18.0. The molecule has 1 aromatic carbocycles. The average molecular weight is 283 g/mol. The molecule has 0 heterocycles. The molecule has 1 N–H and O–H groups in total. The van der Waals surface area contributed by atoms with Crippen molar-refractivity contribution < 1.29 is 14.7 Å². The topological polar surface area (TPSA) is 54.4 Å². The van der Waals surface area contributed by atoms with Crippen LogP contribution in [0.3, 0.4) is 0 Å². The maximum atomic E-state index is 11.3. The predicted octanol–water partition coefficient (Wildman–Crippen LogP) is 2.44. The monoisotopic (exact) mass is 282 g/mol. The Balaban J connectivity index is 2.53. The molecule has 84 valence electrons. The highest BCUT2D eigenvalue weighted by molar-refractivity contribution is 9.10. The quantitative estimate of drug-likeness (QED) is 0.907. The van der Waals surface area contributed by atoms with Gasteiger partial charge < -0.3 is 5.11 Å². The predicted molar refractivity (Wildman–Crippen MR) is 62.4 cm³/mol. The summed E-state index contributed by atoms with van der Waals surface area (Å²) in [5.74, 6) is -0.893. The van der Waals surface area contributed by atoms with E-state index < -0.39 is 11.4 Å². The molecule has 0 aliphatic heterocycles. The lowest BCUT2D eigenvalue weighted by Crippen LogP contribution is -2.48. The van der Waals surface area contributed by atoms with Gasteiger partial charge in [0.15, 0.2) is 0 Å². The number of aliphatic carboxylic acids is 1. The van der Waals surface area contributed by atoms with Crippen LogP contribution in [0.25, 0.3) is 0 Å². The highest BCUT2D eigenvalue weighted by atomic mass is 79.9. The molecule has 4 heteroatoms. The number of hydrogen-bond acceptors (Lipinski definition) is 2. The van der Waals surface area contributed by atoms with Crippen LogP contribution in [0.15, 0.2) is 22.7 Å². The fraction of sp³-hybridized carbons (Fsp3) is 0.333. The summed E-state index contributed by atoms with van der Waals surface area (Å²) in [7, 11) is 0. The summed E-state index contributed by atoms with van der Waals surface area (Å²) in [6, 6.07) is 5.47. The zero-order valence-electron chi connectivity index (χ0n) is 8.79. The van der Waals surface area contributed by atoms with Gasteiger partial charge >= 0.3 is 5.97 Å². The van der Waals surface area contributed by atoms with E-state index in [2.05, 4.69) is 15.9 Å². The van der Waals surface area contributed by atoms with Crippen molar-refractivity contribution in [1.82, 2.24) is 0 Å². The van der Waals surface area contributed by atoms with Crippen molar-refractivity contribution >= 4 is 27.7 Å². The number of carboxylic acid groups (broad SMARTS) is 1. The third kappa shape index (κ3) is 1.48. The maximum absolute atomic E-state index is 11.3. The molecule has 0 radical (unpaired) electrons. The molecule has 0 spiro atoms. The van der Waals surface area contributed by atoms with Gasteiger partial charge in [-0.15, -0.1) is 0 Å². The molecular formula is C12H11BrO3. The van der Waals surface area contributed by atoms with E-state index in [4.69, 9.17) is 0 Å². The average Bonchev–Trinajstić information content (AvgIpc) is 2.17. The summed E-state index contributed by atoms with van der Waals surface area (Å²) >= 11 is 3.38. The van der Waals surface area contributed by atoms with Gasteiger partial charge in [0, 0.05) is 17.3 Å². The number of carboxylic acids is 1. The van der Waals surface area contributed by atoms with E-state index >= 15 is 0 Å². The zero-order valence-corrected chi connectivity index (χ0v) is 10.4. The molecular weight excluding hydrogens is 272 g/mol. The Morgan fingerprint density at radius 3 is 2.56 bits per heavy atom. The Labute approximate surface area is 102 Å². The molecule has 0 unspecified atom stereocenters. The van der Waals surface area contributed by atoms with Crippen LogP contribution < -0.4 is 0 Å². The van der Waals surface area contributed by atoms with E-state index in [-0.39, 0.29) is 18.6 Å². The number of halogens is 1. The van der Waals surface area contributed by atoms with E-state index in [1.807, 2.05) is 13.0 Å². The Hall–Kier alpha value is -1.16. The molecule has 0 aromatic heterocycles. The molecule has 0 amide bonds. The summed E-state index contributed by atoms with van der Waals surface area (Å²) in [5.41, 5.74) is 0.650. The highest BCUT2D eigenvalue weighted by Crippen LogP contribution is 2.44. The number of rotatable bonds is 2. The number of Topliss-reactive ketones (excluding diaryl/α,β-unsaturated/α-hetero) is 1. The third-order valence-electron chi connectivity index (χ3n) is 3.19. The molecule has 0 saturated heterocycles. The molecule has 2 rings (SSSR count). The molecule has 0 atom stereocenters. The number of ketones is 1. The van der Waals surface area contributed by atoms with E-state index in [1.54, 1.807) is 12.1 Å². The number of benzene rings is 1. The maximum Gasteiger partial charge on any atom is 0.315 e. The van der Waals surface area contributed by atoms with E-state index in [9.17, 15) is 14.7 Å². The minimum Gasteiger partial charge on any atom is -0.481 e. The number of hydrogen-bond donors (Lipinski definition) is 1. The van der Waals surface area contributed by atoms with Gasteiger partial charge in [-0.1, -0.05) is 28.1 Å². The second-order valence-corrected chi connectivity index (χ2v) is 5.05. The molecule has 0 bridgehead atoms. The van der Waals surface area contributed by atoms with E-state index in [1.165, 1.54) is 0 Å². The van der Waals surface area contributed by atoms with Crippen molar-refractivity contribution in [2.45, 2.75) is 25.2 Å². The lowest BCUT2D eigenvalue weighted by molar-refractivity contribution is -0.153. The fourth-order valence-corrected chi connectivity index (χ4v) is 2.57. The minimum absolute atomic E-state index is 0.0155. The summed E-state index contributed by atoms with van der Waals surface area (Å²) in [6.45, 7) is 1.87. The standard InChI is InChI=1S/C12H11BrO3/c1-7-9(3-2-4-10(7)13)12(11(15)16)5-8(14)6-12/h2-4H,5-6H2,1H3,(H,15,16). The van der Waals surface area contributed by atoms with Crippen LogP contribution >= 0.6 is 15.9 Å². The van der Waals surface area contributed by atoms with Gasteiger partial charge in [0.2, 0.25) is 0 Å². The fourth-order valence-electron chi connectivity index (χ4n) is 2.20. The first-order valence-electron chi connectivity index (χ1n) is 4.98. The summed E-state index contributed by atoms with van der Waals surface area (Å²) in [5, 5.41) is 9.30. The van der Waals surface area contributed by atoms with Crippen molar-refractivity contribution in [3.8, 4) is 0 Å². The molecule has 16 heavy (non-hydrogen) atoms. The van der Waals surface area contributed by atoms with Crippen LogP contribution in [-0.2, 0) is 15.0 Å². The van der Waals surface area contributed by atoms with Crippen LogP contribution in [0.1, 0.15) is 24.0 Å². The van der Waals surface area contributed by atoms with Crippen molar-refractivity contribution in [3.63, 3.8) is 0 Å². The SMILES string of the molecule is Cc1c(Br)cccc1C1(C(=O)O)CC(=O)C1. The second kappa shape index (κ2) is 3.70. The smallest absolute Gasteiger partial charge is 0.315 e. The molecule has 1 aliphatic carbocycles. The molecule has 1 aromatic rings. The van der Waals surface area contributed by atoms with Gasteiger partial charge in [-0.25, -0.2) is 0 Å². The van der Waals surface area contributed by atoms with Crippen LogP contribution in [0.4, 0.5) is 0 Å². The molecule has 1 aliphatic rings. The summed E-state index contributed by atoms with van der Waals surface area (Å²) < 4.78 is 0.880. The van der Waals surface area contributed by atoms with Crippen LogP contribution in [0.2, 0.25) is 0 Å². The van der Waals surface area contributed by atoms with Gasteiger partial charge in [-0.3, -0.25) is 9.59 Å². The second-order valence-electron chi connectivity index (χ2n) is 4.19.